The zero-order chi connectivity index (χ0) is 25.3. The Labute approximate surface area is 204 Å². The Kier molecular flexibility index (Phi) is 9.53. The van der Waals surface area contributed by atoms with Crippen LogP contribution in [0.15, 0.2) is 113 Å². The first-order valence-electron chi connectivity index (χ1n) is 10.6. The number of benzene rings is 2. The van der Waals surface area contributed by atoms with E-state index in [1.54, 1.807) is 17.7 Å². The molecule has 5 nitrogen and oxygen atoms in total. The van der Waals surface area contributed by atoms with Gasteiger partial charge in [0.05, 0.1) is 16.0 Å². The van der Waals surface area contributed by atoms with Crippen molar-refractivity contribution >= 4 is 34.5 Å². The molecule has 0 unspecified atom stereocenters. The van der Waals surface area contributed by atoms with Gasteiger partial charge < -0.3 is 5.73 Å². The predicted octanol–water partition coefficient (Wildman–Crippen LogP) is 5.60. The van der Waals surface area contributed by atoms with Crippen LogP contribution in [0.5, 0.6) is 0 Å². The van der Waals surface area contributed by atoms with Crippen molar-refractivity contribution in [1.29, 1.82) is 0 Å². The second-order valence-electron chi connectivity index (χ2n) is 7.18. The summed E-state index contributed by atoms with van der Waals surface area (Å²) in [5.41, 5.74) is 8.41. The zero-order valence-electron chi connectivity index (χ0n) is 19.4. The third kappa shape index (κ3) is 5.88. The predicted molar refractivity (Wildman–Crippen MR) is 144 cm³/mol. The summed E-state index contributed by atoms with van der Waals surface area (Å²) >= 11 is 6.20. The molecule has 1 aromatic heterocycles. The third-order valence-corrected chi connectivity index (χ3v) is 5.37. The van der Waals surface area contributed by atoms with E-state index >= 15 is 0 Å². The van der Waals surface area contributed by atoms with Crippen LogP contribution in [-0.4, -0.2) is 23.7 Å². The third-order valence-electron chi connectivity index (χ3n) is 5.06. The molecular formula is C28H28ClN3O2. The number of hydrogen-bond donors (Lipinski definition) is 1. The number of allylic oxidation sites excluding steroid dienone is 4. The van der Waals surface area contributed by atoms with Crippen LogP contribution in [0.2, 0.25) is 5.02 Å². The van der Waals surface area contributed by atoms with E-state index in [1.165, 1.54) is 18.4 Å². The fourth-order valence-electron chi connectivity index (χ4n) is 3.41. The van der Waals surface area contributed by atoms with Crippen molar-refractivity contribution in [2.75, 3.05) is 7.05 Å². The normalized spacial score (nSPS) is 11.4. The molecule has 2 aromatic carbocycles. The van der Waals surface area contributed by atoms with E-state index in [0.717, 1.165) is 23.2 Å². The lowest BCUT2D eigenvalue weighted by Gasteiger charge is -2.14. The number of amides is 1. The van der Waals surface area contributed by atoms with Gasteiger partial charge in [0.25, 0.3) is 11.5 Å². The molecule has 3 rings (SSSR count). The molecule has 0 saturated heterocycles. The van der Waals surface area contributed by atoms with Crippen LogP contribution in [0.4, 0.5) is 0 Å². The Balaban J connectivity index is 0.000000259. The zero-order valence-corrected chi connectivity index (χ0v) is 20.2. The molecule has 0 aliphatic carbocycles. The Morgan fingerprint density at radius 3 is 2.29 bits per heavy atom. The summed E-state index contributed by atoms with van der Waals surface area (Å²) in [6.45, 7) is 12.9. The second kappa shape index (κ2) is 12.3. The molecule has 2 N–H and O–H groups in total. The maximum Gasteiger partial charge on any atom is 0.264 e. The lowest BCUT2D eigenvalue weighted by atomic mass is 10.0. The fraction of sp³-hybridized carbons (Fsp3) is 0.107. The van der Waals surface area contributed by atoms with Gasteiger partial charge >= 0.3 is 0 Å². The first-order chi connectivity index (χ1) is 16.3. The van der Waals surface area contributed by atoms with Gasteiger partial charge in [-0.1, -0.05) is 80.7 Å². The van der Waals surface area contributed by atoms with E-state index in [4.69, 9.17) is 17.3 Å². The first-order valence-corrected chi connectivity index (χ1v) is 11.0. The van der Waals surface area contributed by atoms with Crippen LogP contribution in [0.1, 0.15) is 12.6 Å². The molecule has 174 valence electrons. The van der Waals surface area contributed by atoms with Crippen molar-refractivity contribution in [2.24, 2.45) is 10.7 Å². The lowest BCUT2D eigenvalue weighted by Crippen LogP contribution is -2.22. The van der Waals surface area contributed by atoms with Gasteiger partial charge in [-0.15, -0.1) is 0 Å². The van der Waals surface area contributed by atoms with Crippen LogP contribution >= 0.6 is 11.6 Å². The quantitative estimate of drug-likeness (QED) is 0.275. The van der Waals surface area contributed by atoms with E-state index in [1.807, 2.05) is 55.5 Å². The largest absolute Gasteiger partial charge is 0.366 e. The number of hydrogen-bond acceptors (Lipinski definition) is 3. The van der Waals surface area contributed by atoms with E-state index in [9.17, 15) is 9.59 Å². The summed E-state index contributed by atoms with van der Waals surface area (Å²) in [6, 6.07) is 17.3. The summed E-state index contributed by atoms with van der Waals surface area (Å²) in [7, 11) is 1.56. The SMILES string of the molecule is C=CC(=C)/C(C=C)=C(\C=NC)C(N)=O.CCc1cc2cccc(Cl)c2c(=O)n1-c1ccccc1. The van der Waals surface area contributed by atoms with E-state index in [2.05, 4.69) is 24.7 Å². The minimum atomic E-state index is -0.562. The molecule has 0 radical (unpaired) electrons. The van der Waals surface area contributed by atoms with Crippen molar-refractivity contribution in [2.45, 2.75) is 13.3 Å². The number of rotatable bonds is 7. The number of nitrogens with two attached hydrogens (primary N) is 1. The molecule has 0 aliphatic heterocycles. The maximum absolute atomic E-state index is 12.8. The van der Waals surface area contributed by atoms with Gasteiger partial charge in [-0.2, -0.15) is 0 Å². The minimum Gasteiger partial charge on any atom is -0.366 e. The molecule has 1 heterocycles. The molecule has 0 aliphatic rings. The molecule has 0 fully saturated rings. The Hall–Kier alpha value is -3.96. The monoisotopic (exact) mass is 473 g/mol. The van der Waals surface area contributed by atoms with Gasteiger partial charge in [-0.05, 0) is 47.2 Å². The minimum absolute atomic E-state index is 0.0591. The van der Waals surface area contributed by atoms with Crippen LogP contribution in [-0.2, 0) is 11.2 Å². The van der Waals surface area contributed by atoms with Crippen molar-refractivity contribution in [3.63, 3.8) is 0 Å². The molecule has 0 spiro atoms. The number of aryl methyl sites for hydroxylation is 1. The lowest BCUT2D eigenvalue weighted by molar-refractivity contribution is -0.114. The van der Waals surface area contributed by atoms with Crippen molar-refractivity contribution < 1.29 is 4.79 Å². The number of fused-ring (bicyclic) bond motifs is 1. The van der Waals surface area contributed by atoms with Crippen molar-refractivity contribution in [3.05, 3.63) is 124 Å². The van der Waals surface area contributed by atoms with E-state index < -0.39 is 5.91 Å². The molecule has 6 heteroatoms. The summed E-state index contributed by atoms with van der Waals surface area (Å²) in [6.07, 6.45) is 5.20. The highest BCUT2D eigenvalue weighted by atomic mass is 35.5. The molecule has 3 aromatic rings. The van der Waals surface area contributed by atoms with Crippen LogP contribution in [0.3, 0.4) is 0 Å². The highest BCUT2D eigenvalue weighted by Gasteiger charge is 2.12. The van der Waals surface area contributed by atoms with E-state index in [0.29, 0.717) is 21.6 Å². The summed E-state index contributed by atoms with van der Waals surface area (Å²) in [5.74, 6) is -0.562. The fourth-order valence-corrected chi connectivity index (χ4v) is 3.67. The number of carbonyl (C=O) groups is 1. The number of halogens is 1. The summed E-state index contributed by atoms with van der Waals surface area (Å²) in [5, 5.41) is 1.97. The van der Waals surface area contributed by atoms with Crippen LogP contribution < -0.4 is 11.3 Å². The molecule has 0 saturated carbocycles. The van der Waals surface area contributed by atoms with Gasteiger partial charge in [0.2, 0.25) is 0 Å². The van der Waals surface area contributed by atoms with Crippen LogP contribution in [0.25, 0.3) is 16.5 Å². The van der Waals surface area contributed by atoms with Crippen molar-refractivity contribution in [3.8, 4) is 5.69 Å². The number of aliphatic imine (C=N–C) groups is 1. The maximum atomic E-state index is 12.8. The number of primary amides is 1. The Bertz CT molecular complexity index is 1350. The summed E-state index contributed by atoms with van der Waals surface area (Å²) < 4.78 is 1.74. The number of para-hydroxylation sites is 1. The molecule has 34 heavy (non-hydrogen) atoms. The van der Waals surface area contributed by atoms with E-state index in [-0.39, 0.29) is 11.1 Å². The van der Waals surface area contributed by atoms with Gasteiger partial charge in [0, 0.05) is 24.6 Å². The van der Waals surface area contributed by atoms with Gasteiger partial charge in [0.15, 0.2) is 0 Å². The van der Waals surface area contributed by atoms with Gasteiger partial charge in [-0.25, -0.2) is 0 Å². The number of aromatic nitrogens is 1. The number of pyridine rings is 1. The Morgan fingerprint density at radius 2 is 1.76 bits per heavy atom. The molecule has 0 atom stereocenters. The smallest absolute Gasteiger partial charge is 0.264 e. The average molecular weight is 474 g/mol. The molecule has 1 amide bonds. The van der Waals surface area contributed by atoms with Gasteiger partial charge in [-0.3, -0.25) is 19.1 Å². The van der Waals surface area contributed by atoms with Gasteiger partial charge in [0.1, 0.15) is 0 Å². The molecular weight excluding hydrogens is 446 g/mol. The highest BCUT2D eigenvalue weighted by Crippen LogP contribution is 2.22. The standard InChI is InChI=1S/C17H14ClNO.C11H14N2O/c1-2-13-11-12-7-6-10-15(18)16(12)17(20)19(13)14-8-4-3-5-9-14;1-5-8(3)9(6-2)10(7-13-4)11(12)14/h3-11H,2H2,1H3;5-7H,1-3H2,4H3,(H2,12,14)/b;10-9+,13-7?. The molecule has 0 bridgehead atoms. The van der Waals surface area contributed by atoms with Crippen LogP contribution in [0, 0.1) is 0 Å². The second-order valence-corrected chi connectivity index (χ2v) is 7.59. The van der Waals surface area contributed by atoms with Crippen molar-refractivity contribution in [1.82, 2.24) is 4.57 Å². The number of nitrogens with zero attached hydrogens (tertiary/aromatic N) is 2. The number of carbonyl (C=O) groups excluding carboxylic acids is 1. The Morgan fingerprint density at radius 1 is 1.09 bits per heavy atom. The topological polar surface area (TPSA) is 77.4 Å². The first kappa shape index (κ1) is 26.3. The average Bonchev–Trinajstić information content (AvgIpc) is 2.84. The highest BCUT2D eigenvalue weighted by molar-refractivity contribution is 6.35. The summed E-state index contributed by atoms with van der Waals surface area (Å²) in [4.78, 5) is 27.6.